The second-order valence-corrected chi connectivity index (χ2v) is 6.95. The molecular weight excluding hydrogens is 260 g/mol. The molecule has 0 heterocycles. The van der Waals surface area contributed by atoms with Crippen LogP contribution in [0.2, 0.25) is 0 Å². The largest absolute Gasteiger partial charge is 0.496 e. The van der Waals surface area contributed by atoms with Crippen LogP contribution in [0.1, 0.15) is 50.7 Å². The second-order valence-electron chi connectivity index (χ2n) is 6.95. The summed E-state index contributed by atoms with van der Waals surface area (Å²) in [6.45, 7) is 5.56. The van der Waals surface area contributed by atoms with Gasteiger partial charge in [-0.15, -0.1) is 0 Å². The van der Waals surface area contributed by atoms with Crippen LogP contribution in [0.5, 0.6) is 5.75 Å². The predicted octanol–water partition coefficient (Wildman–Crippen LogP) is 3.97. The fraction of sp³-hybridized carbons (Fsp3) is 0.611. The summed E-state index contributed by atoms with van der Waals surface area (Å²) >= 11 is 0. The number of rotatable bonds is 4. The van der Waals surface area contributed by atoms with E-state index in [1.165, 1.54) is 25.7 Å². The van der Waals surface area contributed by atoms with Crippen LogP contribution in [0.3, 0.4) is 0 Å². The van der Waals surface area contributed by atoms with Crippen LogP contribution in [0.4, 0.5) is 0 Å². The lowest BCUT2D eigenvalue weighted by Gasteiger charge is -2.38. The van der Waals surface area contributed by atoms with Gasteiger partial charge in [0, 0.05) is 18.2 Å². The van der Waals surface area contributed by atoms with E-state index in [9.17, 15) is 0 Å². The zero-order chi connectivity index (χ0) is 15.5. The van der Waals surface area contributed by atoms with Crippen molar-refractivity contribution in [3.63, 3.8) is 0 Å². The molecule has 3 heteroatoms. The van der Waals surface area contributed by atoms with E-state index in [-0.39, 0.29) is 0 Å². The molecule has 0 saturated heterocycles. The normalized spacial score (nSPS) is 18.5. The maximum absolute atomic E-state index is 9.06. The highest BCUT2D eigenvalue weighted by Crippen LogP contribution is 2.37. The van der Waals surface area contributed by atoms with Gasteiger partial charge in [0.15, 0.2) is 0 Å². The Labute approximate surface area is 128 Å². The molecule has 1 aromatic carbocycles. The lowest BCUT2D eigenvalue weighted by atomic mass is 9.75. The summed E-state index contributed by atoms with van der Waals surface area (Å²) < 4.78 is 5.43. The van der Waals surface area contributed by atoms with Crippen molar-refractivity contribution in [2.45, 2.75) is 52.1 Å². The second kappa shape index (κ2) is 6.49. The van der Waals surface area contributed by atoms with E-state index in [2.05, 4.69) is 31.9 Å². The standard InChI is InChI=1S/C18H26N2O/c1-18(2)9-7-16(8-10-18)20(3)13-15-11-14(12-19)5-6-17(15)21-4/h5-6,11,16H,7-10,13H2,1-4H3. The Bertz CT molecular complexity index is 521. The molecule has 0 N–H and O–H groups in total. The van der Waals surface area contributed by atoms with E-state index >= 15 is 0 Å². The minimum Gasteiger partial charge on any atom is -0.496 e. The Morgan fingerprint density at radius 3 is 2.57 bits per heavy atom. The van der Waals surface area contributed by atoms with Crippen LogP contribution in [-0.4, -0.2) is 25.1 Å². The summed E-state index contributed by atoms with van der Waals surface area (Å²) in [6, 6.07) is 8.49. The van der Waals surface area contributed by atoms with Crippen LogP contribution in [-0.2, 0) is 6.54 Å². The molecule has 1 aromatic rings. The van der Waals surface area contributed by atoms with Crippen molar-refractivity contribution in [2.24, 2.45) is 5.41 Å². The van der Waals surface area contributed by atoms with Crippen LogP contribution >= 0.6 is 0 Å². The van der Waals surface area contributed by atoms with Gasteiger partial charge in [-0.25, -0.2) is 0 Å². The van der Waals surface area contributed by atoms with Crippen LogP contribution in [0.15, 0.2) is 18.2 Å². The zero-order valence-electron chi connectivity index (χ0n) is 13.6. The molecule has 1 fully saturated rings. The average Bonchev–Trinajstić information content (AvgIpc) is 2.46. The van der Waals surface area contributed by atoms with Gasteiger partial charge in [0.05, 0.1) is 18.7 Å². The first-order valence-corrected chi connectivity index (χ1v) is 7.72. The lowest BCUT2D eigenvalue weighted by Crippen LogP contribution is -2.36. The Morgan fingerprint density at radius 2 is 2.00 bits per heavy atom. The number of benzene rings is 1. The number of nitriles is 1. The van der Waals surface area contributed by atoms with Gasteiger partial charge in [0.1, 0.15) is 5.75 Å². The predicted molar refractivity (Wildman–Crippen MR) is 85.2 cm³/mol. The highest BCUT2D eigenvalue weighted by atomic mass is 16.5. The summed E-state index contributed by atoms with van der Waals surface area (Å²) in [4.78, 5) is 2.41. The molecule has 3 nitrogen and oxygen atoms in total. The van der Waals surface area contributed by atoms with Gasteiger partial charge < -0.3 is 4.74 Å². The quantitative estimate of drug-likeness (QED) is 0.840. The number of nitrogens with zero attached hydrogens (tertiary/aromatic N) is 2. The summed E-state index contributed by atoms with van der Waals surface area (Å²) in [5, 5.41) is 9.06. The van der Waals surface area contributed by atoms with E-state index in [1.54, 1.807) is 7.11 Å². The topological polar surface area (TPSA) is 36.3 Å². The number of methoxy groups -OCH3 is 1. The molecule has 0 aromatic heterocycles. The number of hydrogen-bond acceptors (Lipinski definition) is 3. The molecule has 0 spiro atoms. The van der Waals surface area contributed by atoms with Crippen molar-refractivity contribution in [3.05, 3.63) is 29.3 Å². The van der Waals surface area contributed by atoms with Gasteiger partial charge in [-0.1, -0.05) is 13.8 Å². The Balaban J connectivity index is 2.06. The fourth-order valence-electron chi connectivity index (χ4n) is 3.19. The summed E-state index contributed by atoms with van der Waals surface area (Å²) in [6.07, 6.45) is 5.09. The Kier molecular flexibility index (Phi) is 4.90. The molecule has 0 unspecified atom stereocenters. The molecule has 0 aliphatic heterocycles. The first kappa shape index (κ1) is 15.9. The van der Waals surface area contributed by atoms with Crippen LogP contribution in [0, 0.1) is 16.7 Å². The zero-order valence-corrected chi connectivity index (χ0v) is 13.6. The maximum atomic E-state index is 9.06. The fourth-order valence-corrected chi connectivity index (χ4v) is 3.19. The average molecular weight is 286 g/mol. The highest BCUT2D eigenvalue weighted by Gasteiger charge is 2.28. The Morgan fingerprint density at radius 1 is 1.33 bits per heavy atom. The smallest absolute Gasteiger partial charge is 0.123 e. The van der Waals surface area contributed by atoms with Crippen LogP contribution < -0.4 is 4.74 Å². The molecule has 0 amide bonds. The van der Waals surface area contributed by atoms with Crippen molar-refractivity contribution in [1.29, 1.82) is 5.26 Å². The van der Waals surface area contributed by atoms with Crippen molar-refractivity contribution in [3.8, 4) is 11.8 Å². The maximum Gasteiger partial charge on any atom is 0.123 e. The molecule has 0 radical (unpaired) electrons. The molecular formula is C18H26N2O. The molecule has 2 rings (SSSR count). The van der Waals surface area contributed by atoms with Gasteiger partial charge in [0.25, 0.3) is 0 Å². The van der Waals surface area contributed by atoms with Gasteiger partial charge in [-0.2, -0.15) is 5.26 Å². The lowest BCUT2D eigenvalue weighted by molar-refractivity contribution is 0.122. The van der Waals surface area contributed by atoms with Gasteiger partial charge >= 0.3 is 0 Å². The number of ether oxygens (including phenoxy) is 1. The van der Waals surface area contributed by atoms with E-state index in [0.29, 0.717) is 17.0 Å². The Hall–Kier alpha value is -1.53. The van der Waals surface area contributed by atoms with Crippen molar-refractivity contribution < 1.29 is 4.74 Å². The minimum absolute atomic E-state index is 0.496. The van der Waals surface area contributed by atoms with Gasteiger partial charge in [-0.3, -0.25) is 4.90 Å². The first-order valence-electron chi connectivity index (χ1n) is 7.72. The van der Waals surface area contributed by atoms with E-state index < -0.39 is 0 Å². The monoisotopic (exact) mass is 286 g/mol. The minimum atomic E-state index is 0.496. The molecule has 1 saturated carbocycles. The molecule has 21 heavy (non-hydrogen) atoms. The third kappa shape index (κ3) is 3.98. The van der Waals surface area contributed by atoms with E-state index in [4.69, 9.17) is 10.00 Å². The van der Waals surface area contributed by atoms with Crippen molar-refractivity contribution in [1.82, 2.24) is 4.90 Å². The summed E-state index contributed by atoms with van der Waals surface area (Å²) in [5.41, 5.74) is 2.29. The summed E-state index contributed by atoms with van der Waals surface area (Å²) in [7, 11) is 3.87. The third-order valence-electron chi connectivity index (χ3n) is 4.76. The third-order valence-corrected chi connectivity index (χ3v) is 4.76. The highest BCUT2D eigenvalue weighted by molar-refractivity contribution is 5.42. The number of hydrogen-bond donors (Lipinski definition) is 0. The van der Waals surface area contributed by atoms with Crippen LogP contribution in [0.25, 0.3) is 0 Å². The molecule has 1 aliphatic rings. The van der Waals surface area contributed by atoms with E-state index in [1.807, 2.05) is 18.2 Å². The summed E-state index contributed by atoms with van der Waals surface area (Å²) in [5.74, 6) is 0.872. The first-order chi connectivity index (χ1) is 9.95. The van der Waals surface area contributed by atoms with Gasteiger partial charge in [0.2, 0.25) is 0 Å². The van der Waals surface area contributed by atoms with E-state index in [0.717, 1.165) is 17.9 Å². The molecule has 1 aliphatic carbocycles. The molecule has 114 valence electrons. The van der Waals surface area contributed by atoms with Crippen molar-refractivity contribution in [2.75, 3.05) is 14.2 Å². The van der Waals surface area contributed by atoms with Gasteiger partial charge in [-0.05, 0) is 56.3 Å². The van der Waals surface area contributed by atoms with Crippen molar-refractivity contribution >= 4 is 0 Å². The molecule has 0 atom stereocenters. The SMILES string of the molecule is COc1ccc(C#N)cc1CN(C)C1CCC(C)(C)CC1. The molecule has 0 bridgehead atoms.